The number of nitrogens with zero attached hydrogens (tertiary/aromatic N) is 1. The number of aromatic nitrogens is 1. The summed E-state index contributed by atoms with van der Waals surface area (Å²) in [7, 11) is 0. The van der Waals surface area contributed by atoms with Crippen molar-refractivity contribution in [1.82, 2.24) is 10.3 Å². The van der Waals surface area contributed by atoms with Crippen molar-refractivity contribution in [2.45, 2.75) is 6.92 Å². The molecule has 1 aromatic heterocycles. The molecule has 0 fully saturated rings. The number of rotatable bonds is 2. The summed E-state index contributed by atoms with van der Waals surface area (Å²) in [5.41, 5.74) is 1.20. The minimum absolute atomic E-state index is 0.122. The van der Waals surface area contributed by atoms with Gasteiger partial charge in [0.1, 0.15) is 0 Å². The maximum absolute atomic E-state index is 11.8. The van der Waals surface area contributed by atoms with Crippen LogP contribution < -0.4 is 5.32 Å². The summed E-state index contributed by atoms with van der Waals surface area (Å²) in [6.45, 7) is 2.47. The first-order valence-corrected chi connectivity index (χ1v) is 5.43. The molecule has 1 heterocycles. The van der Waals surface area contributed by atoms with E-state index in [4.69, 9.17) is 11.6 Å². The van der Waals surface area contributed by atoms with Gasteiger partial charge in [0.05, 0.1) is 16.1 Å². The molecule has 0 radical (unpaired) electrons. The van der Waals surface area contributed by atoms with Crippen LogP contribution in [0.1, 0.15) is 17.3 Å². The predicted molar refractivity (Wildman–Crippen MR) is 64.8 cm³/mol. The number of pyridine rings is 1. The molecule has 16 heavy (non-hydrogen) atoms. The lowest BCUT2D eigenvalue weighted by atomic mass is 10.1. The fourth-order valence-electron chi connectivity index (χ4n) is 1.58. The molecular weight excluding hydrogens is 224 g/mol. The van der Waals surface area contributed by atoms with Crippen LogP contribution in [-0.2, 0) is 0 Å². The Morgan fingerprint density at radius 2 is 2.25 bits per heavy atom. The molecule has 4 heteroatoms. The van der Waals surface area contributed by atoms with Crippen LogP contribution in [0.5, 0.6) is 0 Å². The van der Waals surface area contributed by atoms with Crippen LogP contribution in [0.15, 0.2) is 30.5 Å². The van der Waals surface area contributed by atoms with Gasteiger partial charge in [-0.25, -0.2) is 0 Å². The fraction of sp³-hybridized carbons (Fsp3) is 0.167. The van der Waals surface area contributed by atoms with Gasteiger partial charge in [0.2, 0.25) is 0 Å². The minimum atomic E-state index is -0.122. The van der Waals surface area contributed by atoms with E-state index in [1.54, 1.807) is 24.4 Å². The zero-order valence-corrected chi connectivity index (χ0v) is 9.58. The SMILES string of the molecule is CCNC(=O)c1cccc2c(Cl)ccnc12. The van der Waals surface area contributed by atoms with Gasteiger partial charge in [0.25, 0.3) is 5.91 Å². The van der Waals surface area contributed by atoms with E-state index >= 15 is 0 Å². The summed E-state index contributed by atoms with van der Waals surface area (Å²) >= 11 is 6.04. The largest absolute Gasteiger partial charge is 0.352 e. The third-order valence-electron chi connectivity index (χ3n) is 2.30. The summed E-state index contributed by atoms with van der Waals surface area (Å²) in [4.78, 5) is 16.0. The number of carbonyl (C=O) groups excluding carboxylic acids is 1. The molecular formula is C12H11ClN2O. The number of amides is 1. The van der Waals surface area contributed by atoms with E-state index in [2.05, 4.69) is 10.3 Å². The van der Waals surface area contributed by atoms with Crippen molar-refractivity contribution in [3.8, 4) is 0 Å². The molecule has 0 spiro atoms. The Morgan fingerprint density at radius 3 is 3.00 bits per heavy atom. The van der Waals surface area contributed by atoms with Crippen LogP contribution in [0, 0.1) is 0 Å². The lowest BCUT2D eigenvalue weighted by Crippen LogP contribution is -2.23. The summed E-state index contributed by atoms with van der Waals surface area (Å²) in [5, 5.41) is 4.16. The van der Waals surface area contributed by atoms with Gasteiger partial charge in [-0.05, 0) is 19.1 Å². The second kappa shape index (κ2) is 4.49. The molecule has 0 aliphatic heterocycles. The number of para-hydroxylation sites is 1. The summed E-state index contributed by atoms with van der Waals surface area (Å²) in [6.07, 6.45) is 1.60. The first-order valence-electron chi connectivity index (χ1n) is 5.05. The van der Waals surface area contributed by atoms with Gasteiger partial charge in [-0.3, -0.25) is 9.78 Å². The number of halogens is 1. The molecule has 0 bridgehead atoms. The molecule has 2 aromatic rings. The van der Waals surface area contributed by atoms with Crippen molar-refractivity contribution >= 4 is 28.4 Å². The first kappa shape index (κ1) is 10.9. The van der Waals surface area contributed by atoms with E-state index < -0.39 is 0 Å². The highest BCUT2D eigenvalue weighted by Gasteiger charge is 2.10. The van der Waals surface area contributed by atoms with Crippen LogP contribution in [0.25, 0.3) is 10.9 Å². The number of nitrogens with one attached hydrogen (secondary N) is 1. The van der Waals surface area contributed by atoms with E-state index in [0.29, 0.717) is 22.6 Å². The highest BCUT2D eigenvalue weighted by Crippen LogP contribution is 2.23. The monoisotopic (exact) mass is 234 g/mol. The van der Waals surface area contributed by atoms with E-state index in [1.807, 2.05) is 13.0 Å². The number of carbonyl (C=O) groups is 1. The molecule has 1 aromatic carbocycles. The maximum Gasteiger partial charge on any atom is 0.253 e. The van der Waals surface area contributed by atoms with Crippen molar-refractivity contribution in [2.24, 2.45) is 0 Å². The van der Waals surface area contributed by atoms with Crippen LogP contribution in [0.2, 0.25) is 5.02 Å². The van der Waals surface area contributed by atoms with Crippen LogP contribution in [-0.4, -0.2) is 17.4 Å². The third-order valence-corrected chi connectivity index (χ3v) is 2.63. The van der Waals surface area contributed by atoms with Crippen molar-refractivity contribution in [2.75, 3.05) is 6.54 Å². The minimum Gasteiger partial charge on any atom is -0.352 e. The molecule has 0 atom stereocenters. The highest BCUT2D eigenvalue weighted by molar-refractivity contribution is 6.35. The number of hydrogen-bond donors (Lipinski definition) is 1. The molecule has 82 valence electrons. The maximum atomic E-state index is 11.8. The van der Waals surface area contributed by atoms with Crippen LogP contribution in [0.3, 0.4) is 0 Å². The van der Waals surface area contributed by atoms with Crippen molar-refractivity contribution in [3.63, 3.8) is 0 Å². The Balaban J connectivity index is 2.62. The molecule has 0 aliphatic rings. The average molecular weight is 235 g/mol. The smallest absolute Gasteiger partial charge is 0.253 e. The van der Waals surface area contributed by atoms with E-state index in [9.17, 15) is 4.79 Å². The molecule has 0 aliphatic carbocycles. The summed E-state index contributed by atoms with van der Waals surface area (Å²) in [5.74, 6) is -0.122. The third kappa shape index (κ3) is 1.86. The zero-order chi connectivity index (χ0) is 11.5. The predicted octanol–water partition coefficient (Wildman–Crippen LogP) is 2.64. The van der Waals surface area contributed by atoms with Gasteiger partial charge in [-0.1, -0.05) is 23.7 Å². The quantitative estimate of drug-likeness (QED) is 0.868. The van der Waals surface area contributed by atoms with Gasteiger partial charge in [0.15, 0.2) is 0 Å². The lowest BCUT2D eigenvalue weighted by molar-refractivity contribution is 0.0957. The number of hydrogen-bond acceptors (Lipinski definition) is 2. The topological polar surface area (TPSA) is 42.0 Å². The molecule has 2 rings (SSSR count). The van der Waals surface area contributed by atoms with Crippen LogP contribution >= 0.6 is 11.6 Å². The summed E-state index contributed by atoms with van der Waals surface area (Å²) in [6, 6.07) is 7.12. The Bertz CT molecular complexity index is 540. The van der Waals surface area contributed by atoms with E-state index in [1.165, 1.54) is 0 Å². The van der Waals surface area contributed by atoms with Crippen molar-refractivity contribution in [1.29, 1.82) is 0 Å². The molecule has 1 N–H and O–H groups in total. The fourth-order valence-corrected chi connectivity index (χ4v) is 1.79. The van der Waals surface area contributed by atoms with E-state index in [-0.39, 0.29) is 5.91 Å². The van der Waals surface area contributed by atoms with Gasteiger partial charge in [-0.15, -0.1) is 0 Å². The number of benzene rings is 1. The second-order valence-electron chi connectivity index (χ2n) is 3.35. The Labute approximate surface area is 98.4 Å². The molecule has 0 saturated heterocycles. The lowest BCUT2D eigenvalue weighted by Gasteiger charge is -2.06. The Hall–Kier alpha value is -1.61. The number of fused-ring (bicyclic) bond motifs is 1. The molecule has 0 saturated carbocycles. The average Bonchev–Trinajstić information content (AvgIpc) is 2.29. The second-order valence-corrected chi connectivity index (χ2v) is 3.76. The highest BCUT2D eigenvalue weighted by atomic mass is 35.5. The Morgan fingerprint density at radius 1 is 1.44 bits per heavy atom. The first-order chi connectivity index (χ1) is 7.74. The van der Waals surface area contributed by atoms with Gasteiger partial charge in [-0.2, -0.15) is 0 Å². The standard InChI is InChI=1S/C12H11ClN2O/c1-2-14-12(16)9-5-3-4-8-10(13)6-7-15-11(8)9/h3-7H,2H2,1H3,(H,14,16). The molecule has 3 nitrogen and oxygen atoms in total. The van der Waals surface area contributed by atoms with Gasteiger partial charge >= 0.3 is 0 Å². The Kier molecular flexibility index (Phi) is 3.06. The van der Waals surface area contributed by atoms with Crippen molar-refractivity contribution in [3.05, 3.63) is 41.0 Å². The zero-order valence-electron chi connectivity index (χ0n) is 8.83. The normalized spacial score (nSPS) is 10.4. The molecule has 0 unspecified atom stereocenters. The van der Waals surface area contributed by atoms with Gasteiger partial charge in [0, 0.05) is 18.1 Å². The molecule has 1 amide bonds. The van der Waals surface area contributed by atoms with E-state index in [0.717, 1.165) is 5.39 Å². The summed E-state index contributed by atoms with van der Waals surface area (Å²) < 4.78 is 0. The van der Waals surface area contributed by atoms with Crippen LogP contribution in [0.4, 0.5) is 0 Å². The van der Waals surface area contributed by atoms with Gasteiger partial charge < -0.3 is 5.32 Å². The van der Waals surface area contributed by atoms with Crippen molar-refractivity contribution < 1.29 is 4.79 Å².